The van der Waals surface area contributed by atoms with Gasteiger partial charge in [0.05, 0.1) is 17.5 Å². The molecule has 0 bridgehead atoms. The van der Waals surface area contributed by atoms with E-state index in [2.05, 4.69) is 5.10 Å². The fraction of sp³-hybridized carbons (Fsp3) is 0.0455. The Morgan fingerprint density at radius 3 is 2.45 bits per heavy atom. The molecule has 1 heterocycles. The zero-order valence-corrected chi connectivity index (χ0v) is 15.0. The van der Waals surface area contributed by atoms with Crippen molar-refractivity contribution in [3.63, 3.8) is 0 Å². The summed E-state index contributed by atoms with van der Waals surface area (Å²) in [5.41, 5.74) is 0.806. The van der Waals surface area contributed by atoms with Crippen LogP contribution in [0.25, 0.3) is 27.7 Å². The van der Waals surface area contributed by atoms with Gasteiger partial charge < -0.3 is 5.11 Å². The van der Waals surface area contributed by atoms with Gasteiger partial charge in [0.25, 0.3) is 5.56 Å². The molecule has 0 saturated carbocycles. The molecule has 1 N–H and O–H groups in total. The normalized spacial score (nSPS) is 11.0. The molecule has 4 aromatic rings. The average molecular weight is 392 g/mol. The molecule has 0 unspecified atom stereocenters. The highest BCUT2D eigenvalue weighted by molar-refractivity contribution is 5.94. The van der Waals surface area contributed by atoms with Crippen molar-refractivity contribution in [1.82, 2.24) is 9.78 Å². The highest BCUT2D eigenvalue weighted by Gasteiger charge is 2.16. The van der Waals surface area contributed by atoms with Gasteiger partial charge in [-0.25, -0.2) is 8.78 Å². The molecule has 1 aromatic heterocycles. The fourth-order valence-electron chi connectivity index (χ4n) is 3.22. The second-order valence-electron chi connectivity index (χ2n) is 6.48. The summed E-state index contributed by atoms with van der Waals surface area (Å²) in [4.78, 5) is 24.0. The molecule has 3 aromatic carbocycles. The van der Waals surface area contributed by atoms with Crippen LogP contribution in [-0.4, -0.2) is 20.9 Å². The second kappa shape index (κ2) is 7.27. The summed E-state index contributed by atoms with van der Waals surface area (Å²) >= 11 is 0. The minimum absolute atomic E-state index is 0.169. The van der Waals surface area contributed by atoms with Crippen molar-refractivity contribution in [2.24, 2.45) is 0 Å². The minimum atomic E-state index is -0.974. The van der Waals surface area contributed by atoms with Gasteiger partial charge in [-0.1, -0.05) is 36.4 Å². The van der Waals surface area contributed by atoms with Crippen LogP contribution in [0.2, 0.25) is 0 Å². The van der Waals surface area contributed by atoms with Crippen LogP contribution in [0.15, 0.2) is 71.5 Å². The van der Waals surface area contributed by atoms with Crippen LogP contribution < -0.4 is 5.56 Å². The molecule has 7 heteroatoms. The van der Waals surface area contributed by atoms with Crippen molar-refractivity contribution in [3.8, 4) is 16.9 Å². The van der Waals surface area contributed by atoms with E-state index >= 15 is 0 Å². The average Bonchev–Trinajstić information content (AvgIpc) is 2.69. The van der Waals surface area contributed by atoms with Gasteiger partial charge in [-0.15, -0.1) is 0 Å². The van der Waals surface area contributed by atoms with Crippen LogP contribution in [0, 0.1) is 11.6 Å². The summed E-state index contributed by atoms with van der Waals surface area (Å²) in [6, 6.07) is 16.4. The van der Waals surface area contributed by atoms with Gasteiger partial charge in [0.1, 0.15) is 11.5 Å². The minimum Gasteiger partial charge on any atom is -0.481 e. The van der Waals surface area contributed by atoms with Crippen molar-refractivity contribution >= 4 is 16.7 Å². The Labute approximate surface area is 163 Å². The van der Waals surface area contributed by atoms with Gasteiger partial charge in [0.2, 0.25) is 0 Å². The summed E-state index contributed by atoms with van der Waals surface area (Å²) in [7, 11) is 0. The zero-order chi connectivity index (χ0) is 20.5. The molecule has 0 fully saturated rings. The molecule has 0 aliphatic heterocycles. The molecule has 0 saturated heterocycles. The first-order valence-corrected chi connectivity index (χ1v) is 8.72. The maximum Gasteiger partial charge on any atom is 0.307 e. The van der Waals surface area contributed by atoms with E-state index in [1.54, 1.807) is 48.5 Å². The Bertz CT molecular complexity index is 1320. The highest BCUT2D eigenvalue weighted by atomic mass is 19.1. The van der Waals surface area contributed by atoms with Crippen LogP contribution in [0.1, 0.15) is 5.56 Å². The Balaban J connectivity index is 2.01. The van der Waals surface area contributed by atoms with Gasteiger partial charge in [-0.3, -0.25) is 9.59 Å². The number of aliphatic carboxylic acids is 1. The molecule has 0 atom stereocenters. The third-order valence-electron chi connectivity index (χ3n) is 4.50. The number of carbonyl (C=O) groups is 1. The van der Waals surface area contributed by atoms with Gasteiger partial charge >= 0.3 is 5.97 Å². The van der Waals surface area contributed by atoms with E-state index < -0.39 is 23.2 Å². The lowest BCUT2D eigenvalue weighted by atomic mass is 10.0. The summed E-state index contributed by atoms with van der Waals surface area (Å²) in [5.74, 6) is -2.65. The standard InChI is InChI=1S/C22H14F2N2O3/c23-15-8-9-19(18(24)12-15)26-22(29)17-7-2-1-6-16(17)21(25-26)14-5-3-4-13(10-14)11-20(27)28/h1-10,12H,11H2,(H,27,28). The van der Waals surface area contributed by atoms with E-state index in [9.17, 15) is 18.4 Å². The molecule has 0 aliphatic rings. The Hall–Kier alpha value is -3.87. The number of aromatic nitrogens is 2. The van der Waals surface area contributed by atoms with Crippen molar-refractivity contribution in [2.45, 2.75) is 6.42 Å². The lowest BCUT2D eigenvalue weighted by molar-refractivity contribution is -0.136. The first-order valence-electron chi connectivity index (χ1n) is 8.72. The van der Waals surface area contributed by atoms with Crippen molar-refractivity contribution in [3.05, 3.63) is 94.3 Å². The molecular formula is C22H14F2N2O3. The smallest absolute Gasteiger partial charge is 0.307 e. The van der Waals surface area contributed by atoms with E-state index in [-0.39, 0.29) is 12.1 Å². The Kier molecular flexibility index (Phi) is 4.64. The fourth-order valence-corrected chi connectivity index (χ4v) is 3.22. The lowest BCUT2D eigenvalue weighted by Crippen LogP contribution is -2.23. The molecule has 0 aliphatic carbocycles. The molecule has 0 radical (unpaired) electrons. The number of halogens is 2. The topological polar surface area (TPSA) is 72.2 Å². The molecule has 29 heavy (non-hydrogen) atoms. The Morgan fingerprint density at radius 1 is 0.966 bits per heavy atom. The third-order valence-corrected chi connectivity index (χ3v) is 4.50. The van der Waals surface area contributed by atoms with Gasteiger partial charge in [0, 0.05) is 17.0 Å². The van der Waals surface area contributed by atoms with E-state index in [0.29, 0.717) is 33.7 Å². The summed E-state index contributed by atoms with van der Waals surface area (Å²) in [6.45, 7) is 0. The molecule has 0 spiro atoms. The van der Waals surface area contributed by atoms with E-state index in [1.165, 1.54) is 0 Å². The highest BCUT2D eigenvalue weighted by Crippen LogP contribution is 2.26. The first kappa shape index (κ1) is 18.5. The molecule has 0 amide bonds. The summed E-state index contributed by atoms with van der Waals surface area (Å²) in [5, 5.41) is 14.3. The zero-order valence-electron chi connectivity index (χ0n) is 15.0. The third kappa shape index (κ3) is 3.50. The van der Waals surface area contributed by atoms with Crippen molar-refractivity contribution < 1.29 is 18.7 Å². The summed E-state index contributed by atoms with van der Waals surface area (Å²) in [6.07, 6.45) is -0.169. The summed E-state index contributed by atoms with van der Waals surface area (Å²) < 4.78 is 28.6. The molecule has 144 valence electrons. The van der Waals surface area contributed by atoms with Gasteiger partial charge in [0.15, 0.2) is 5.82 Å². The number of hydrogen-bond donors (Lipinski definition) is 1. The number of rotatable bonds is 4. The lowest BCUT2D eigenvalue weighted by Gasteiger charge is -2.12. The Morgan fingerprint density at radius 2 is 1.72 bits per heavy atom. The maximum atomic E-state index is 14.4. The van der Waals surface area contributed by atoms with E-state index in [0.717, 1.165) is 16.8 Å². The van der Waals surface area contributed by atoms with Crippen LogP contribution in [-0.2, 0) is 11.2 Å². The van der Waals surface area contributed by atoms with E-state index in [4.69, 9.17) is 5.11 Å². The monoisotopic (exact) mass is 392 g/mol. The van der Waals surface area contributed by atoms with E-state index in [1.807, 2.05) is 0 Å². The number of hydrogen-bond acceptors (Lipinski definition) is 3. The SMILES string of the molecule is O=C(O)Cc1cccc(-c2nn(-c3ccc(F)cc3F)c(=O)c3ccccc23)c1. The van der Waals surface area contributed by atoms with Crippen LogP contribution in [0.4, 0.5) is 8.78 Å². The first-order chi connectivity index (χ1) is 13.9. The molecular weight excluding hydrogens is 378 g/mol. The number of carboxylic acids is 1. The maximum absolute atomic E-state index is 14.4. The quantitative estimate of drug-likeness (QED) is 0.571. The number of benzene rings is 3. The number of nitrogens with zero attached hydrogens (tertiary/aromatic N) is 2. The molecule has 5 nitrogen and oxygen atoms in total. The number of carboxylic acid groups (broad SMARTS) is 1. The van der Waals surface area contributed by atoms with Gasteiger partial charge in [-0.2, -0.15) is 9.78 Å². The van der Waals surface area contributed by atoms with Crippen LogP contribution in [0.3, 0.4) is 0 Å². The van der Waals surface area contributed by atoms with Crippen LogP contribution in [0.5, 0.6) is 0 Å². The van der Waals surface area contributed by atoms with Crippen molar-refractivity contribution in [2.75, 3.05) is 0 Å². The largest absolute Gasteiger partial charge is 0.481 e. The molecule has 4 rings (SSSR count). The second-order valence-corrected chi connectivity index (χ2v) is 6.48. The van der Waals surface area contributed by atoms with Gasteiger partial charge in [-0.05, 0) is 29.8 Å². The predicted molar refractivity (Wildman–Crippen MR) is 104 cm³/mol. The van der Waals surface area contributed by atoms with Crippen molar-refractivity contribution in [1.29, 1.82) is 0 Å². The van der Waals surface area contributed by atoms with Crippen LogP contribution >= 0.6 is 0 Å². The predicted octanol–water partition coefficient (Wildman–Crippen LogP) is 3.96. The number of fused-ring (bicyclic) bond motifs is 1.